The first-order valence-electron chi connectivity index (χ1n) is 6.41. The number of hydrogen-bond acceptors (Lipinski definition) is 5. The van der Waals surface area contributed by atoms with Crippen LogP contribution in [0.2, 0.25) is 0 Å². The third-order valence-electron chi connectivity index (χ3n) is 3.17. The van der Waals surface area contributed by atoms with Crippen molar-refractivity contribution in [2.24, 2.45) is 0 Å². The van der Waals surface area contributed by atoms with Gasteiger partial charge in [0.2, 0.25) is 4.96 Å². The van der Waals surface area contributed by atoms with Crippen LogP contribution in [0.1, 0.15) is 5.76 Å². The first-order chi connectivity index (χ1) is 10.7. The van der Waals surface area contributed by atoms with Gasteiger partial charge in [0.25, 0.3) is 5.56 Å². The van der Waals surface area contributed by atoms with Gasteiger partial charge >= 0.3 is 0 Å². The Kier molecular flexibility index (Phi) is 3.16. The summed E-state index contributed by atoms with van der Waals surface area (Å²) < 4.78 is 8.32. The molecule has 3 heterocycles. The fourth-order valence-corrected chi connectivity index (χ4v) is 3.31. The van der Waals surface area contributed by atoms with Gasteiger partial charge in [-0.2, -0.15) is 0 Å². The zero-order valence-electron chi connectivity index (χ0n) is 11.1. The molecule has 0 bridgehead atoms. The van der Waals surface area contributed by atoms with Crippen molar-refractivity contribution in [2.75, 3.05) is 0 Å². The van der Waals surface area contributed by atoms with Gasteiger partial charge < -0.3 is 4.42 Å². The van der Waals surface area contributed by atoms with Crippen molar-refractivity contribution in [1.82, 2.24) is 14.6 Å². The van der Waals surface area contributed by atoms with Crippen molar-refractivity contribution in [3.8, 4) is 11.4 Å². The number of hydrogen-bond donors (Lipinski definition) is 0. The van der Waals surface area contributed by atoms with Gasteiger partial charge in [-0.05, 0) is 24.3 Å². The summed E-state index contributed by atoms with van der Waals surface area (Å²) in [6, 6.07) is 11.2. The molecule has 0 atom stereocenters. The number of fused-ring (bicyclic) bond motifs is 1. The molecule has 0 amide bonds. The molecule has 0 aliphatic heterocycles. The van der Waals surface area contributed by atoms with Crippen LogP contribution in [-0.2, 0) is 0 Å². The molecular weight excluding hydrogens is 366 g/mol. The van der Waals surface area contributed by atoms with Gasteiger partial charge in [0, 0.05) is 16.1 Å². The predicted molar refractivity (Wildman–Crippen MR) is 87.8 cm³/mol. The molecule has 1 aromatic carbocycles. The molecule has 0 spiro atoms. The fourth-order valence-electron chi connectivity index (χ4n) is 2.15. The molecule has 4 rings (SSSR count). The molecule has 0 radical (unpaired) electrons. The Labute approximate surface area is 136 Å². The molecule has 0 saturated heterocycles. The lowest BCUT2D eigenvalue weighted by atomic mass is 10.2. The van der Waals surface area contributed by atoms with E-state index in [-0.39, 0.29) is 5.56 Å². The van der Waals surface area contributed by atoms with E-state index in [2.05, 4.69) is 26.1 Å². The number of rotatable bonds is 2. The summed E-state index contributed by atoms with van der Waals surface area (Å²) in [6.07, 6.45) is 3.29. The molecule has 22 heavy (non-hydrogen) atoms. The lowest BCUT2D eigenvalue weighted by molar-refractivity contribution is 0.556. The van der Waals surface area contributed by atoms with Crippen LogP contribution in [0.4, 0.5) is 0 Å². The van der Waals surface area contributed by atoms with Crippen molar-refractivity contribution in [2.45, 2.75) is 0 Å². The normalized spacial score (nSPS) is 12.3. The Morgan fingerprint density at radius 3 is 2.73 bits per heavy atom. The van der Waals surface area contributed by atoms with E-state index in [0.717, 1.165) is 10.0 Å². The van der Waals surface area contributed by atoms with Crippen LogP contribution in [-0.4, -0.2) is 14.6 Å². The van der Waals surface area contributed by atoms with Crippen molar-refractivity contribution in [3.05, 3.63) is 67.8 Å². The minimum atomic E-state index is -0.140. The monoisotopic (exact) mass is 373 g/mol. The quantitative estimate of drug-likeness (QED) is 0.541. The van der Waals surface area contributed by atoms with E-state index >= 15 is 0 Å². The maximum absolute atomic E-state index is 12.6. The molecule has 3 aromatic heterocycles. The van der Waals surface area contributed by atoms with Gasteiger partial charge in [-0.15, -0.1) is 10.2 Å². The highest BCUT2D eigenvalue weighted by atomic mass is 79.9. The van der Waals surface area contributed by atoms with E-state index in [4.69, 9.17) is 4.42 Å². The van der Waals surface area contributed by atoms with Crippen LogP contribution in [0.25, 0.3) is 22.4 Å². The SMILES string of the molecule is O=c1c(=Cc2ccco2)sc2nnc(-c3ccc(Br)cc3)n12. The Hall–Kier alpha value is -2.25. The van der Waals surface area contributed by atoms with E-state index in [1.807, 2.05) is 24.3 Å². The topological polar surface area (TPSA) is 60.4 Å². The first kappa shape index (κ1) is 13.4. The number of thiazole rings is 1. The van der Waals surface area contributed by atoms with Crippen LogP contribution in [0.5, 0.6) is 0 Å². The van der Waals surface area contributed by atoms with Gasteiger partial charge in [-0.25, -0.2) is 4.40 Å². The molecule has 7 heteroatoms. The molecule has 0 unspecified atom stereocenters. The summed E-state index contributed by atoms with van der Waals surface area (Å²) in [5.74, 6) is 1.18. The number of halogens is 1. The molecular formula is C15H8BrN3O2S. The summed E-state index contributed by atoms with van der Waals surface area (Å²) >= 11 is 4.69. The Morgan fingerprint density at radius 2 is 2.00 bits per heavy atom. The highest BCUT2D eigenvalue weighted by Gasteiger charge is 2.14. The van der Waals surface area contributed by atoms with Gasteiger partial charge in [-0.3, -0.25) is 4.79 Å². The van der Waals surface area contributed by atoms with Crippen LogP contribution in [0.15, 0.2) is 56.3 Å². The van der Waals surface area contributed by atoms with Crippen molar-refractivity contribution < 1.29 is 4.42 Å². The van der Waals surface area contributed by atoms with Crippen LogP contribution >= 0.6 is 27.3 Å². The van der Waals surface area contributed by atoms with E-state index in [1.54, 1.807) is 24.5 Å². The standard InChI is InChI=1S/C15H8BrN3O2S/c16-10-5-3-9(4-6-10)13-17-18-15-19(13)14(20)12(22-15)8-11-2-1-7-21-11/h1-8H. The lowest BCUT2D eigenvalue weighted by Gasteiger charge is -1.96. The van der Waals surface area contributed by atoms with Crippen LogP contribution in [0.3, 0.4) is 0 Å². The smallest absolute Gasteiger partial charge is 0.276 e. The Balaban J connectivity index is 1.94. The second-order valence-electron chi connectivity index (χ2n) is 4.58. The van der Waals surface area contributed by atoms with Crippen molar-refractivity contribution >= 4 is 38.3 Å². The van der Waals surface area contributed by atoms with E-state index in [9.17, 15) is 4.79 Å². The van der Waals surface area contributed by atoms with E-state index in [1.165, 1.54) is 15.7 Å². The van der Waals surface area contributed by atoms with Gasteiger partial charge in [-0.1, -0.05) is 39.4 Å². The van der Waals surface area contributed by atoms with Crippen molar-refractivity contribution in [1.29, 1.82) is 0 Å². The van der Waals surface area contributed by atoms with Crippen LogP contribution < -0.4 is 10.1 Å². The largest absolute Gasteiger partial charge is 0.465 e. The Bertz CT molecular complexity index is 1050. The average Bonchev–Trinajstić information content (AvgIpc) is 3.21. The molecule has 0 aliphatic rings. The summed E-state index contributed by atoms with van der Waals surface area (Å²) in [4.78, 5) is 13.2. The summed E-state index contributed by atoms with van der Waals surface area (Å²) in [6.45, 7) is 0. The molecule has 0 N–H and O–H groups in total. The number of nitrogens with zero attached hydrogens (tertiary/aromatic N) is 3. The average molecular weight is 374 g/mol. The maximum atomic E-state index is 12.6. The maximum Gasteiger partial charge on any atom is 0.276 e. The summed E-state index contributed by atoms with van der Waals surface area (Å²) in [5, 5.41) is 8.22. The van der Waals surface area contributed by atoms with E-state index < -0.39 is 0 Å². The van der Waals surface area contributed by atoms with Crippen LogP contribution in [0, 0.1) is 0 Å². The molecule has 0 aliphatic carbocycles. The van der Waals surface area contributed by atoms with E-state index in [0.29, 0.717) is 21.1 Å². The predicted octanol–water partition coefficient (Wildman–Crippen LogP) is 2.72. The zero-order valence-corrected chi connectivity index (χ0v) is 13.5. The third kappa shape index (κ3) is 2.18. The Morgan fingerprint density at radius 1 is 1.18 bits per heavy atom. The highest BCUT2D eigenvalue weighted by Crippen LogP contribution is 2.20. The minimum Gasteiger partial charge on any atom is -0.465 e. The molecule has 5 nitrogen and oxygen atoms in total. The summed E-state index contributed by atoms with van der Waals surface area (Å²) in [5.41, 5.74) is 0.703. The fraction of sp³-hybridized carbons (Fsp3) is 0. The minimum absolute atomic E-state index is 0.140. The molecule has 4 aromatic rings. The second kappa shape index (κ2) is 5.19. The first-order valence-corrected chi connectivity index (χ1v) is 8.02. The highest BCUT2D eigenvalue weighted by molar-refractivity contribution is 9.10. The van der Waals surface area contributed by atoms with Gasteiger partial charge in [0.05, 0.1) is 6.26 Å². The molecule has 0 fully saturated rings. The summed E-state index contributed by atoms with van der Waals surface area (Å²) in [7, 11) is 0. The second-order valence-corrected chi connectivity index (χ2v) is 6.50. The van der Waals surface area contributed by atoms with Gasteiger partial charge in [0.15, 0.2) is 5.82 Å². The number of aromatic nitrogens is 3. The van der Waals surface area contributed by atoms with Gasteiger partial charge in [0.1, 0.15) is 10.3 Å². The number of furan rings is 1. The lowest BCUT2D eigenvalue weighted by Crippen LogP contribution is -2.23. The number of benzene rings is 1. The zero-order chi connectivity index (χ0) is 15.1. The molecule has 0 saturated carbocycles. The third-order valence-corrected chi connectivity index (χ3v) is 4.66. The molecule has 108 valence electrons. The van der Waals surface area contributed by atoms with Crippen molar-refractivity contribution in [3.63, 3.8) is 0 Å².